The quantitative estimate of drug-likeness (QED) is 0.573. The molecule has 2 aromatic carbocycles. The van der Waals surface area contributed by atoms with Gasteiger partial charge in [0.2, 0.25) is 0 Å². The lowest BCUT2D eigenvalue weighted by Crippen LogP contribution is -2.35. The topological polar surface area (TPSA) is 66.9 Å². The zero-order valence-electron chi connectivity index (χ0n) is 19.2. The summed E-state index contributed by atoms with van der Waals surface area (Å²) in [5.41, 5.74) is 2.57. The van der Waals surface area contributed by atoms with E-state index < -0.39 is 0 Å². The molecule has 0 saturated carbocycles. The molecule has 3 aromatic rings. The average Bonchev–Trinajstić information content (AvgIpc) is 3.12. The molecule has 1 aliphatic rings. The summed E-state index contributed by atoms with van der Waals surface area (Å²) in [6.45, 7) is 5.62. The Labute approximate surface area is 195 Å². The van der Waals surface area contributed by atoms with Gasteiger partial charge in [0.1, 0.15) is 17.3 Å². The van der Waals surface area contributed by atoms with Gasteiger partial charge in [-0.3, -0.25) is 4.79 Å². The minimum atomic E-state index is -0.00637. The molecular formula is C26H30N4O3. The van der Waals surface area contributed by atoms with Crippen LogP contribution in [0.3, 0.4) is 0 Å². The SMILES string of the molecule is CCOc1ccc(Nc2ncccc2C(=O)N2CCCN(c3ccc(OC)cc3)CC2)cc1. The predicted molar refractivity (Wildman–Crippen MR) is 131 cm³/mol. The summed E-state index contributed by atoms with van der Waals surface area (Å²) in [5.74, 6) is 2.21. The van der Waals surface area contributed by atoms with Gasteiger partial charge in [-0.05, 0) is 74.0 Å². The molecule has 7 nitrogen and oxygen atoms in total. The van der Waals surface area contributed by atoms with Crippen LogP contribution in [0.4, 0.5) is 17.2 Å². The molecule has 1 N–H and O–H groups in total. The molecule has 0 spiro atoms. The maximum Gasteiger partial charge on any atom is 0.257 e. The van der Waals surface area contributed by atoms with Crippen molar-refractivity contribution in [2.45, 2.75) is 13.3 Å². The molecular weight excluding hydrogens is 416 g/mol. The molecule has 7 heteroatoms. The van der Waals surface area contributed by atoms with Gasteiger partial charge in [0.25, 0.3) is 5.91 Å². The summed E-state index contributed by atoms with van der Waals surface area (Å²) in [4.78, 5) is 22.1. The third-order valence-electron chi connectivity index (χ3n) is 5.69. The van der Waals surface area contributed by atoms with Crippen LogP contribution in [0, 0.1) is 0 Å². The van der Waals surface area contributed by atoms with Crippen LogP contribution in [0.2, 0.25) is 0 Å². The number of ether oxygens (including phenoxy) is 2. The Balaban J connectivity index is 1.44. The van der Waals surface area contributed by atoms with Crippen molar-refractivity contribution >= 4 is 23.1 Å². The van der Waals surface area contributed by atoms with E-state index in [9.17, 15) is 4.79 Å². The number of nitrogens with one attached hydrogen (secondary N) is 1. The first-order chi connectivity index (χ1) is 16.2. The summed E-state index contributed by atoms with van der Waals surface area (Å²) < 4.78 is 10.8. The molecule has 1 aromatic heterocycles. The molecule has 0 radical (unpaired) electrons. The lowest BCUT2D eigenvalue weighted by molar-refractivity contribution is 0.0767. The molecule has 1 amide bonds. The van der Waals surface area contributed by atoms with Crippen LogP contribution in [-0.4, -0.2) is 55.7 Å². The first kappa shape index (κ1) is 22.5. The van der Waals surface area contributed by atoms with Crippen molar-refractivity contribution in [3.63, 3.8) is 0 Å². The Morgan fingerprint density at radius 2 is 1.73 bits per heavy atom. The van der Waals surface area contributed by atoms with Crippen molar-refractivity contribution in [1.82, 2.24) is 9.88 Å². The summed E-state index contributed by atoms with van der Waals surface area (Å²) in [6.07, 6.45) is 2.60. The molecule has 172 valence electrons. The Hall–Kier alpha value is -3.74. The van der Waals surface area contributed by atoms with Gasteiger partial charge in [0.15, 0.2) is 0 Å². The first-order valence-electron chi connectivity index (χ1n) is 11.3. The maximum absolute atomic E-state index is 13.4. The number of hydrogen-bond acceptors (Lipinski definition) is 6. The average molecular weight is 447 g/mol. The van der Waals surface area contributed by atoms with Gasteiger partial charge in [0.05, 0.1) is 19.3 Å². The highest BCUT2D eigenvalue weighted by molar-refractivity contribution is 5.99. The fourth-order valence-corrected chi connectivity index (χ4v) is 3.96. The lowest BCUT2D eigenvalue weighted by atomic mass is 10.2. The number of amides is 1. The second-order valence-corrected chi connectivity index (χ2v) is 7.81. The molecule has 1 aliphatic heterocycles. The highest BCUT2D eigenvalue weighted by Gasteiger charge is 2.23. The molecule has 0 atom stereocenters. The Morgan fingerprint density at radius 1 is 0.970 bits per heavy atom. The lowest BCUT2D eigenvalue weighted by Gasteiger charge is -2.24. The van der Waals surface area contributed by atoms with E-state index in [1.54, 1.807) is 19.4 Å². The maximum atomic E-state index is 13.4. The highest BCUT2D eigenvalue weighted by Crippen LogP contribution is 2.24. The number of anilines is 3. The van der Waals surface area contributed by atoms with Crippen molar-refractivity contribution in [2.24, 2.45) is 0 Å². The third kappa shape index (κ3) is 5.55. The Morgan fingerprint density at radius 3 is 2.45 bits per heavy atom. The molecule has 4 rings (SSSR count). The highest BCUT2D eigenvalue weighted by atomic mass is 16.5. The number of carbonyl (C=O) groups excluding carboxylic acids is 1. The predicted octanol–water partition coefficient (Wildman–Crippen LogP) is 4.59. The van der Waals surface area contributed by atoms with E-state index in [4.69, 9.17) is 9.47 Å². The van der Waals surface area contributed by atoms with Crippen LogP contribution in [-0.2, 0) is 0 Å². The number of rotatable bonds is 7. The van der Waals surface area contributed by atoms with Gasteiger partial charge in [-0.1, -0.05) is 0 Å². The van der Waals surface area contributed by atoms with Gasteiger partial charge in [-0.2, -0.15) is 0 Å². The Kier molecular flexibility index (Phi) is 7.29. The van der Waals surface area contributed by atoms with Crippen molar-refractivity contribution in [2.75, 3.05) is 50.1 Å². The van der Waals surface area contributed by atoms with E-state index in [1.165, 1.54) is 0 Å². The molecule has 0 aliphatic carbocycles. The summed E-state index contributed by atoms with van der Waals surface area (Å²) in [7, 11) is 1.67. The number of methoxy groups -OCH3 is 1. The number of benzene rings is 2. The van der Waals surface area contributed by atoms with Crippen LogP contribution in [0.15, 0.2) is 66.9 Å². The number of hydrogen-bond donors (Lipinski definition) is 1. The van der Waals surface area contributed by atoms with Crippen molar-refractivity contribution in [1.29, 1.82) is 0 Å². The van der Waals surface area contributed by atoms with Crippen LogP contribution in [0.1, 0.15) is 23.7 Å². The van der Waals surface area contributed by atoms with Crippen LogP contribution in [0.25, 0.3) is 0 Å². The van der Waals surface area contributed by atoms with E-state index in [1.807, 2.05) is 54.3 Å². The minimum absolute atomic E-state index is 0.00637. The summed E-state index contributed by atoms with van der Waals surface area (Å²) in [6, 6.07) is 19.4. The number of aromatic nitrogens is 1. The van der Waals surface area contributed by atoms with Gasteiger partial charge in [-0.15, -0.1) is 0 Å². The molecule has 33 heavy (non-hydrogen) atoms. The molecule has 1 saturated heterocycles. The monoisotopic (exact) mass is 446 g/mol. The molecule has 1 fully saturated rings. The van der Waals surface area contributed by atoms with E-state index >= 15 is 0 Å². The zero-order valence-corrected chi connectivity index (χ0v) is 19.2. The largest absolute Gasteiger partial charge is 0.497 e. The number of pyridine rings is 1. The van der Waals surface area contributed by atoms with E-state index in [2.05, 4.69) is 27.3 Å². The van der Waals surface area contributed by atoms with Gasteiger partial charge >= 0.3 is 0 Å². The molecule has 2 heterocycles. The smallest absolute Gasteiger partial charge is 0.257 e. The normalized spacial score (nSPS) is 13.9. The van der Waals surface area contributed by atoms with Crippen molar-refractivity contribution in [3.8, 4) is 11.5 Å². The third-order valence-corrected chi connectivity index (χ3v) is 5.69. The summed E-state index contributed by atoms with van der Waals surface area (Å²) in [5, 5.41) is 3.29. The van der Waals surface area contributed by atoms with Crippen LogP contribution >= 0.6 is 0 Å². The Bertz CT molecular complexity index is 1050. The second-order valence-electron chi connectivity index (χ2n) is 7.81. The second kappa shape index (κ2) is 10.7. The minimum Gasteiger partial charge on any atom is -0.497 e. The summed E-state index contributed by atoms with van der Waals surface area (Å²) >= 11 is 0. The van der Waals surface area contributed by atoms with Gasteiger partial charge in [-0.25, -0.2) is 4.98 Å². The van der Waals surface area contributed by atoms with Crippen LogP contribution in [0.5, 0.6) is 11.5 Å². The van der Waals surface area contributed by atoms with E-state index in [-0.39, 0.29) is 5.91 Å². The molecule has 0 bridgehead atoms. The van der Waals surface area contributed by atoms with Gasteiger partial charge < -0.3 is 24.6 Å². The van der Waals surface area contributed by atoms with Crippen LogP contribution < -0.4 is 19.7 Å². The first-order valence-corrected chi connectivity index (χ1v) is 11.3. The zero-order chi connectivity index (χ0) is 23.0. The standard InChI is InChI=1S/C26H30N4O3/c1-3-33-23-11-7-20(8-12-23)28-25-24(6-4-15-27-25)26(31)30-17-5-16-29(18-19-30)21-9-13-22(32-2)14-10-21/h4,6-15H,3,5,16-19H2,1-2H3,(H,27,28). The number of carbonyl (C=O) groups is 1. The van der Waals surface area contributed by atoms with E-state index in [0.717, 1.165) is 42.4 Å². The van der Waals surface area contributed by atoms with Crippen molar-refractivity contribution in [3.05, 3.63) is 72.4 Å². The van der Waals surface area contributed by atoms with Gasteiger partial charge in [0, 0.05) is 43.8 Å². The molecule has 0 unspecified atom stereocenters. The van der Waals surface area contributed by atoms with Crippen molar-refractivity contribution < 1.29 is 14.3 Å². The van der Waals surface area contributed by atoms with E-state index in [0.29, 0.717) is 31.1 Å². The fourth-order valence-electron chi connectivity index (χ4n) is 3.96. The fraction of sp³-hybridized carbons (Fsp3) is 0.308. The number of nitrogens with zero attached hydrogens (tertiary/aromatic N) is 3.